The summed E-state index contributed by atoms with van der Waals surface area (Å²) in [7, 11) is 0. The first-order valence-corrected chi connectivity index (χ1v) is 8.00. The Morgan fingerprint density at radius 3 is 2.57 bits per heavy atom. The van der Waals surface area contributed by atoms with E-state index in [0.29, 0.717) is 24.9 Å². The van der Waals surface area contributed by atoms with Gasteiger partial charge in [0.1, 0.15) is 0 Å². The van der Waals surface area contributed by atoms with Gasteiger partial charge in [0.05, 0.1) is 0 Å². The van der Waals surface area contributed by atoms with Gasteiger partial charge in [0.15, 0.2) is 5.82 Å². The second kappa shape index (κ2) is 6.60. The molecule has 2 N–H and O–H groups in total. The first-order valence-electron chi connectivity index (χ1n) is 8.00. The van der Waals surface area contributed by atoms with E-state index in [2.05, 4.69) is 9.88 Å². The van der Waals surface area contributed by atoms with Gasteiger partial charge in [-0.15, -0.1) is 0 Å². The average molecular weight is 292 g/mol. The second-order valence-corrected chi connectivity index (χ2v) is 6.87. The highest BCUT2D eigenvalue weighted by atomic mass is 16.1. The Morgan fingerprint density at radius 2 is 2.00 bits per heavy atom. The Hall–Kier alpha value is -1.36. The summed E-state index contributed by atoms with van der Waals surface area (Å²) in [4.78, 5) is 19.3. The number of nitrogens with zero attached hydrogens (tertiary/aromatic N) is 3. The lowest BCUT2D eigenvalue weighted by Crippen LogP contribution is -2.45. The van der Waals surface area contributed by atoms with Gasteiger partial charge >= 0.3 is 0 Å². The van der Waals surface area contributed by atoms with E-state index in [1.165, 1.54) is 19.3 Å². The normalized spacial score (nSPS) is 17.0. The van der Waals surface area contributed by atoms with E-state index < -0.39 is 0 Å². The summed E-state index contributed by atoms with van der Waals surface area (Å²) in [5, 5.41) is 0. The monoisotopic (exact) mass is 292 g/mol. The van der Waals surface area contributed by atoms with Crippen molar-refractivity contribution in [2.75, 3.05) is 18.0 Å². The molecule has 0 saturated heterocycles. The van der Waals surface area contributed by atoms with Crippen LogP contribution in [0.4, 0.5) is 5.82 Å². The minimum Gasteiger partial charge on any atom is -0.348 e. The maximum atomic E-state index is 12.8. The lowest BCUT2D eigenvalue weighted by atomic mass is 9.94. The fourth-order valence-electron chi connectivity index (χ4n) is 3.12. The van der Waals surface area contributed by atoms with Crippen molar-refractivity contribution in [3.63, 3.8) is 0 Å². The summed E-state index contributed by atoms with van der Waals surface area (Å²) in [5.41, 5.74) is 5.52. The summed E-state index contributed by atoms with van der Waals surface area (Å²) < 4.78 is 1.77. The highest BCUT2D eigenvalue weighted by Gasteiger charge is 2.26. The van der Waals surface area contributed by atoms with Crippen molar-refractivity contribution in [1.29, 1.82) is 0 Å². The fourth-order valence-corrected chi connectivity index (χ4v) is 3.12. The topological polar surface area (TPSA) is 64.2 Å². The minimum absolute atomic E-state index is 0.0102. The lowest BCUT2D eigenvalue weighted by Gasteiger charge is -2.35. The zero-order valence-corrected chi connectivity index (χ0v) is 13.5. The van der Waals surface area contributed by atoms with Crippen LogP contribution in [0.3, 0.4) is 0 Å². The summed E-state index contributed by atoms with van der Waals surface area (Å²) in [5.74, 6) is 0.560. The van der Waals surface area contributed by atoms with Crippen LogP contribution in [-0.4, -0.2) is 28.7 Å². The van der Waals surface area contributed by atoms with E-state index in [1.54, 1.807) is 17.0 Å². The summed E-state index contributed by atoms with van der Waals surface area (Å²) in [6.45, 7) is 7.34. The van der Waals surface area contributed by atoms with Crippen molar-refractivity contribution in [3.8, 4) is 0 Å². The van der Waals surface area contributed by atoms with Crippen LogP contribution < -0.4 is 16.2 Å². The quantitative estimate of drug-likeness (QED) is 0.923. The number of rotatable bonds is 4. The van der Waals surface area contributed by atoms with Crippen LogP contribution in [0.5, 0.6) is 0 Å². The maximum Gasteiger partial charge on any atom is 0.293 e. The molecule has 0 spiro atoms. The molecule has 1 aromatic rings. The van der Waals surface area contributed by atoms with Crippen LogP contribution in [0.2, 0.25) is 0 Å². The third-order valence-electron chi connectivity index (χ3n) is 4.20. The van der Waals surface area contributed by atoms with E-state index in [9.17, 15) is 4.79 Å². The number of hydrogen-bond acceptors (Lipinski definition) is 4. The molecule has 5 heteroatoms. The molecule has 1 aromatic heterocycles. The molecule has 0 amide bonds. The predicted molar refractivity (Wildman–Crippen MR) is 86.8 cm³/mol. The van der Waals surface area contributed by atoms with Crippen LogP contribution in [0, 0.1) is 0 Å². The molecule has 21 heavy (non-hydrogen) atoms. The molecule has 1 aliphatic carbocycles. The molecule has 0 aromatic carbocycles. The van der Waals surface area contributed by atoms with Crippen LogP contribution in [0.25, 0.3) is 0 Å². The summed E-state index contributed by atoms with van der Waals surface area (Å²) >= 11 is 0. The molecule has 1 saturated carbocycles. The first-order chi connectivity index (χ1) is 9.95. The zero-order valence-electron chi connectivity index (χ0n) is 13.5. The standard InChI is InChI=1S/C16H28N4O/c1-16(2,3)20-12-10-18-14(15(20)21)19(11-9-17)13-7-5-4-6-8-13/h10,12-13H,4-9,11,17H2,1-3H3. The van der Waals surface area contributed by atoms with Gasteiger partial charge in [-0.25, -0.2) is 4.98 Å². The summed E-state index contributed by atoms with van der Waals surface area (Å²) in [6.07, 6.45) is 9.51. The van der Waals surface area contributed by atoms with E-state index in [4.69, 9.17) is 5.73 Å². The van der Waals surface area contributed by atoms with Gasteiger partial charge in [-0.3, -0.25) is 4.79 Å². The van der Waals surface area contributed by atoms with Crippen LogP contribution in [0.1, 0.15) is 52.9 Å². The number of nitrogens with two attached hydrogens (primary N) is 1. The molecule has 5 nitrogen and oxygen atoms in total. The van der Waals surface area contributed by atoms with Crippen molar-refractivity contribution in [1.82, 2.24) is 9.55 Å². The third kappa shape index (κ3) is 3.64. The molecule has 0 bridgehead atoms. The highest BCUT2D eigenvalue weighted by Crippen LogP contribution is 2.24. The van der Waals surface area contributed by atoms with E-state index in [-0.39, 0.29) is 11.1 Å². The molecule has 1 heterocycles. The molecule has 0 atom stereocenters. The van der Waals surface area contributed by atoms with Gasteiger partial charge < -0.3 is 15.2 Å². The number of aromatic nitrogens is 2. The van der Waals surface area contributed by atoms with Crippen molar-refractivity contribution < 1.29 is 0 Å². The SMILES string of the molecule is CC(C)(C)n1ccnc(N(CCN)C2CCCCC2)c1=O. The maximum absolute atomic E-state index is 12.8. The van der Waals surface area contributed by atoms with Crippen molar-refractivity contribution in [2.24, 2.45) is 5.73 Å². The Labute approximate surface area is 127 Å². The largest absolute Gasteiger partial charge is 0.348 e. The lowest BCUT2D eigenvalue weighted by molar-refractivity contribution is 0.377. The van der Waals surface area contributed by atoms with Crippen molar-refractivity contribution >= 4 is 5.82 Å². The molecular weight excluding hydrogens is 264 g/mol. The van der Waals surface area contributed by atoms with Crippen LogP contribution in [0.15, 0.2) is 17.2 Å². The number of hydrogen-bond donors (Lipinski definition) is 1. The first kappa shape index (κ1) is 16.0. The Kier molecular flexibility index (Phi) is 5.04. The van der Waals surface area contributed by atoms with E-state index in [0.717, 1.165) is 12.8 Å². The van der Waals surface area contributed by atoms with Gasteiger partial charge in [-0.1, -0.05) is 19.3 Å². The van der Waals surface area contributed by atoms with Gasteiger partial charge in [0, 0.05) is 37.1 Å². The zero-order chi connectivity index (χ0) is 15.5. The predicted octanol–water partition coefficient (Wildman–Crippen LogP) is 2.10. The number of anilines is 1. The fraction of sp³-hybridized carbons (Fsp3) is 0.750. The van der Waals surface area contributed by atoms with Crippen LogP contribution >= 0.6 is 0 Å². The van der Waals surface area contributed by atoms with Gasteiger partial charge in [-0.2, -0.15) is 0 Å². The van der Waals surface area contributed by atoms with E-state index >= 15 is 0 Å². The van der Waals surface area contributed by atoms with Gasteiger partial charge in [-0.05, 0) is 33.6 Å². The molecule has 0 aliphatic heterocycles. The van der Waals surface area contributed by atoms with Crippen molar-refractivity contribution in [3.05, 3.63) is 22.7 Å². The highest BCUT2D eigenvalue weighted by molar-refractivity contribution is 5.37. The Balaban J connectivity index is 2.38. The van der Waals surface area contributed by atoms with Crippen LogP contribution in [-0.2, 0) is 5.54 Å². The molecular formula is C16H28N4O. The average Bonchev–Trinajstić information content (AvgIpc) is 2.45. The molecule has 0 unspecified atom stereocenters. The molecule has 0 radical (unpaired) electrons. The van der Waals surface area contributed by atoms with Gasteiger partial charge in [0.2, 0.25) is 0 Å². The summed E-state index contributed by atoms with van der Waals surface area (Å²) in [6, 6.07) is 0.401. The molecule has 1 aliphatic rings. The van der Waals surface area contributed by atoms with Gasteiger partial charge in [0.25, 0.3) is 5.56 Å². The smallest absolute Gasteiger partial charge is 0.293 e. The van der Waals surface area contributed by atoms with Crippen molar-refractivity contribution in [2.45, 2.75) is 64.5 Å². The molecule has 2 rings (SSSR count). The molecule has 1 fully saturated rings. The Bertz CT molecular complexity index is 512. The minimum atomic E-state index is -0.240. The molecule has 118 valence electrons. The van der Waals surface area contributed by atoms with E-state index in [1.807, 2.05) is 20.8 Å². The Morgan fingerprint density at radius 1 is 1.33 bits per heavy atom. The second-order valence-electron chi connectivity index (χ2n) is 6.87. The third-order valence-corrected chi connectivity index (χ3v) is 4.20.